The molecule has 0 fully saturated rings. The van der Waals surface area contributed by atoms with E-state index >= 15 is 0 Å². The monoisotopic (exact) mass is 403 g/mol. The van der Waals surface area contributed by atoms with Crippen LogP contribution >= 0.6 is 0 Å². The number of unbranched alkanes of at least 4 members (excludes halogenated alkanes) is 1. The minimum Gasteiger partial charge on any atom is -0.494 e. The van der Waals surface area contributed by atoms with Gasteiger partial charge in [0.15, 0.2) is 0 Å². The molecule has 0 bridgehead atoms. The van der Waals surface area contributed by atoms with Crippen LogP contribution in [0.15, 0.2) is 79.1 Å². The van der Waals surface area contributed by atoms with Gasteiger partial charge in [0.1, 0.15) is 17.1 Å². The van der Waals surface area contributed by atoms with Gasteiger partial charge in [-0.25, -0.2) is 4.98 Å². The molecule has 4 rings (SSSR count). The fraction of sp³-hybridized carbons (Fsp3) is 0.174. The summed E-state index contributed by atoms with van der Waals surface area (Å²) in [4.78, 5) is 15.0. The molecule has 30 heavy (non-hydrogen) atoms. The number of fused-ring (bicyclic) bond motifs is 1. The van der Waals surface area contributed by atoms with Crippen LogP contribution in [0.3, 0.4) is 0 Å². The molecule has 0 radical (unpaired) electrons. The van der Waals surface area contributed by atoms with Crippen molar-refractivity contribution in [2.24, 2.45) is 0 Å². The molecule has 0 saturated heterocycles. The summed E-state index contributed by atoms with van der Waals surface area (Å²) in [6, 6.07) is 20.5. The molecule has 0 saturated carbocycles. The van der Waals surface area contributed by atoms with Crippen molar-refractivity contribution in [3.8, 4) is 22.8 Å². The Balaban J connectivity index is 1.27. The summed E-state index contributed by atoms with van der Waals surface area (Å²) in [6.45, 7) is 1.29. The zero-order chi connectivity index (χ0) is 20.8. The second-order valence-corrected chi connectivity index (χ2v) is 6.78. The molecule has 0 amide bonds. The van der Waals surface area contributed by atoms with E-state index in [1.807, 2.05) is 54.6 Å². The molecule has 7 nitrogen and oxygen atoms in total. The van der Waals surface area contributed by atoms with Crippen LogP contribution in [0.4, 0.5) is 5.69 Å². The first-order valence-electron chi connectivity index (χ1n) is 9.73. The second-order valence-electron chi connectivity index (χ2n) is 6.78. The van der Waals surface area contributed by atoms with Crippen molar-refractivity contribution < 1.29 is 14.4 Å². The zero-order valence-electron chi connectivity index (χ0n) is 16.3. The van der Waals surface area contributed by atoms with E-state index in [9.17, 15) is 10.1 Å². The van der Waals surface area contributed by atoms with Crippen molar-refractivity contribution in [2.75, 3.05) is 13.2 Å². The Morgan fingerprint density at radius 2 is 1.50 bits per heavy atom. The lowest BCUT2D eigenvalue weighted by atomic mass is 10.1. The minimum atomic E-state index is -0.418. The predicted molar refractivity (Wildman–Crippen MR) is 114 cm³/mol. The lowest BCUT2D eigenvalue weighted by Crippen LogP contribution is -2.02. The number of nitro groups is 1. The van der Waals surface area contributed by atoms with Gasteiger partial charge in [0.05, 0.1) is 30.0 Å². The Morgan fingerprint density at radius 3 is 2.17 bits per heavy atom. The maximum Gasteiger partial charge on any atom is 0.286 e. The molecule has 0 aliphatic carbocycles. The molecule has 2 aromatic carbocycles. The molecule has 0 aliphatic heterocycles. The average Bonchev–Trinajstić information content (AvgIpc) is 3.20. The number of rotatable bonds is 9. The number of nitrogens with zero attached hydrogens (tertiary/aromatic N) is 3. The molecule has 2 heterocycles. The molecule has 7 heteroatoms. The van der Waals surface area contributed by atoms with E-state index in [0.29, 0.717) is 18.9 Å². The van der Waals surface area contributed by atoms with Crippen molar-refractivity contribution in [3.63, 3.8) is 0 Å². The summed E-state index contributed by atoms with van der Waals surface area (Å²) in [5.74, 6) is 1.68. The van der Waals surface area contributed by atoms with E-state index in [4.69, 9.17) is 9.47 Å². The quantitative estimate of drug-likeness (QED) is 0.219. The highest BCUT2D eigenvalue weighted by Crippen LogP contribution is 2.23. The SMILES string of the molecule is O=[N+]([O-])c1ccc2nc(-c3ccc(OCCCCOc4ccccc4)cc3)cn2c1. The van der Waals surface area contributed by atoms with Crippen LogP contribution in [0.5, 0.6) is 11.5 Å². The Kier molecular flexibility index (Phi) is 5.89. The summed E-state index contributed by atoms with van der Waals surface area (Å²) >= 11 is 0. The average molecular weight is 403 g/mol. The molecule has 0 N–H and O–H groups in total. The molecule has 152 valence electrons. The van der Waals surface area contributed by atoms with Crippen molar-refractivity contribution in [2.45, 2.75) is 12.8 Å². The third-order valence-electron chi connectivity index (χ3n) is 4.62. The predicted octanol–water partition coefficient (Wildman–Crippen LogP) is 5.15. The molecule has 0 spiro atoms. The maximum absolute atomic E-state index is 10.9. The molecular formula is C23H21N3O4. The number of para-hydroxylation sites is 1. The first-order valence-corrected chi connectivity index (χ1v) is 9.73. The Hall–Kier alpha value is -3.87. The van der Waals surface area contributed by atoms with Gasteiger partial charge in [-0.2, -0.15) is 0 Å². The van der Waals surface area contributed by atoms with Gasteiger partial charge in [0, 0.05) is 17.8 Å². The van der Waals surface area contributed by atoms with Gasteiger partial charge >= 0.3 is 0 Å². The van der Waals surface area contributed by atoms with Crippen LogP contribution in [0.1, 0.15) is 12.8 Å². The van der Waals surface area contributed by atoms with Gasteiger partial charge in [-0.1, -0.05) is 18.2 Å². The number of pyridine rings is 1. The first-order chi connectivity index (χ1) is 14.7. The van der Waals surface area contributed by atoms with E-state index in [1.54, 1.807) is 16.7 Å². The van der Waals surface area contributed by atoms with Gasteiger partial charge in [-0.3, -0.25) is 14.5 Å². The van der Waals surface area contributed by atoms with Crippen molar-refractivity contribution >= 4 is 11.3 Å². The normalized spacial score (nSPS) is 10.8. The maximum atomic E-state index is 10.9. The summed E-state index contributed by atoms with van der Waals surface area (Å²) in [5, 5.41) is 10.9. The van der Waals surface area contributed by atoms with E-state index < -0.39 is 4.92 Å². The van der Waals surface area contributed by atoms with Crippen LogP contribution in [-0.4, -0.2) is 27.5 Å². The van der Waals surface area contributed by atoms with Gasteiger partial charge in [0.25, 0.3) is 5.69 Å². The lowest BCUT2D eigenvalue weighted by Gasteiger charge is -2.08. The minimum absolute atomic E-state index is 0.0318. The topological polar surface area (TPSA) is 78.9 Å². The third-order valence-corrected chi connectivity index (χ3v) is 4.62. The molecular weight excluding hydrogens is 382 g/mol. The van der Waals surface area contributed by atoms with E-state index in [1.165, 1.54) is 12.3 Å². The molecule has 0 unspecified atom stereocenters. The number of imidazole rings is 1. The fourth-order valence-corrected chi connectivity index (χ4v) is 3.05. The summed E-state index contributed by atoms with van der Waals surface area (Å²) in [6.07, 6.45) is 5.07. The number of ether oxygens (including phenoxy) is 2. The highest BCUT2D eigenvalue weighted by molar-refractivity contribution is 5.63. The first kappa shape index (κ1) is 19.4. The largest absolute Gasteiger partial charge is 0.494 e. The fourth-order valence-electron chi connectivity index (χ4n) is 3.05. The highest BCUT2D eigenvalue weighted by Gasteiger charge is 2.09. The summed E-state index contributed by atoms with van der Waals surface area (Å²) in [7, 11) is 0. The van der Waals surface area contributed by atoms with Crippen LogP contribution < -0.4 is 9.47 Å². The summed E-state index contributed by atoms with van der Waals surface area (Å²) in [5.41, 5.74) is 2.36. The number of hydrogen-bond acceptors (Lipinski definition) is 5. The van der Waals surface area contributed by atoms with Gasteiger partial charge in [-0.15, -0.1) is 0 Å². The van der Waals surface area contributed by atoms with Crippen LogP contribution in [0, 0.1) is 10.1 Å². The van der Waals surface area contributed by atoms with Crippen molar-refractivity contribution in [1.29, 1.82) is 0 Å². The van der Waals surface area contributed by atoms with E-state index in [0.717, 1.165) is 35.6 Å². The van der Waals surface area contributed by atoms with Crippen molar-refractivity contribution in [3.05, 3.63) is 89.2 Å². The zero-order valence-corrected chi connectivity index (χ0v) is 16.3. The van der Waals surface area contributed by atoms with E-state index in [2.05, 4.69) is 4.98 Å². The van der Waals surface area contributed by atoms with Crippen LogP contribution in [0.2, 0.25) is 0 Å². The molecule has 0 aliphatic rings. The molecule has 2 aromatic heterocycles. The smallest absolute Gasteiger partial charge is 0.286 e. The van der Waals surface area contributed by atoms with Crippen LogP contribution in [-0.2, 0) is 0 Å². The van der Waals surface area contributed by atoms with Gasteiger partial charge < -0.3 is 9.47 Å². The standard InChI is InChI=1S/C23H21N3O4/c27-26(28)19-10-13-23-24-22(17-25(23)16-19)18-8-11-21(12-9-18)30-15-5-4-14-29-20-6-2-1-3-7-20/h1-3,6-13,16-17H,4-5,14-15H2. The Morgan fingerprint density at radius 1 is 0.833 bits per heavy atom. The third kappa shape index (κ3) is 4.75. The van der Waals surface area contributed by atoms with Gasteiger partial charge in [-0.05, 0) is 55.3 Å². The molecule has 4 aromatic rings. The Labute approximate surface area is 173 Å². The number of aromatic nitrogens is 2. The molecule has 0 atom stereocenters. The van der Waals surface area contributed by atoms with Gasteiger partial charge in [0.2, 0.25) is 0 Å². The lowest BCUT2D eigenvalue weighted by molar-refractivity contribution is -0.385. The van der Waals surface area contributed by atoms with Crippen molar-refractivity contribution in [1.82, 2.24) is 9.38 Å². The number of hydrogen-bond donors (Lipinski definition) is 0. The van der Waals surface area contributed by atoms with Crippen LogP contribution in [0.25, 0.3) is 16.9 Å². The number of benzene rings is 2. The second kappa shape index (κ2) is 9.09. The van der Waals surface area contributed by atoms with E-state index in [-0.39, 0.29) is 5.69 Å². The summed E-state index contributed by atoms with van der Waals surface area (Å²) < 4.78 is 13.1. The highest BCUT2D eigenvalue weighted by atomic mass is 16.6. The Bertz CT molecular complexity index is 1120.